The van der Waals surface area contributed by atoms with E-state index in [-0.39, 0.29) is 24.6 Å². The van der Waals surface area contributed by atoms with E-state index in [0.29, 0.717) is 25.4 Å². The van der Waals surface area contributed by atoms with E-state index < -0.39 is 13.7 Å². The van der Waals surface area contributed by atoms with Crippen molar-refractivity contribution < 1.29 is 18.7 Å². The summed E-state index contributed by atoms with van der Waals surface area (Å²) in [6, 6.07) is 1.07. The first-order valence-electron chi connectivity index (χ1n) is 8.73. The number of likely N-dealkylation sites (tertiary alicyclic amines) is 1. The number of carbonyl (C=O) groups is 1. The maximum atomic E-state index is 14.1. The third-order valence-corrected chi connectivity index (χ3v) is 5.59. The molecule has 1 fully saturated rings. The van der Waals surface area contributed by atoms with Crippen LogP contribution in [0.15, 0.2) is 6.20 Å². The molecule has 0 atom stereocenters. The predicted octanol–water partition coefficient (Wildman–Crippen LogP) is 3.67. The number of carbonyl (C=O) groups excluding carboxylic acids is 1. The van der Waals surface area contributed by atoms with E-state index in [0.717, 1.165) is 6.04 Å². The smallest absolute Gasteiger partial charge is 0.410 e. The zero-order valence-electron chi connectivity index (χ0n) is 16.1. The summed E-state index contributed by atoms with van der Waals surface area (Å²) in [5.41, 5.74) is -0.129. The van der Waals surface area contributed by atoms with Gasteiger partial charge in [0.05, 0.1) is 6.20 Å². The first kappa shape index (κ1) is 19.9. The Morgan fingerprint density at radius 3 is 2.56 bits per heavy atom. The second-order valence-electron chi connectivity index (χ2n) is 8.83. The molecule has 0 unspecified atom stereocenters. The molecule has 0 radical (unpaired) electrons. The molecule has 1 saturated heterocycles. The molecule has 8 heteroatoms. The molecule has 2 rings (SSSR count). The van der Waals surface area contributed by atoms with Crippen LogP contribution in [0.1, 0.15) is 32.4 Å². The maximum Gasteiger partial charge on any atom is 0.410 e. The summed E-state index contributed by atoms with van der Waals surface area (Å²) in [4.78, 5) is 13.5. The summed E-state index contributed by atoms with van der Waals surface area (Å²) in [6.07, 6.45) is 0.998. The van der Waals surface area contributed by atoms with Gasteiger partial charge in [-0.2, -0.15) is 5.10 Å². The molecule has 0 aromatic carbocycles. The van der Waals surface area contributed by atoms with Crippen molar-refractivity contribution in [2.24, 2.45) is 0 Å². The van der Waals surface area contributed by atoms with Crippen LogP contribution in [-0.4, -0.2) is 54.1 Å². The normalized spacial score (nSPS) is 16.0. The summed E-state index contributed by atoms with van der Waals surface area (Å²) in [5.74, 6) is -0.432. The molecule has 142 valence electrons. The molecule has 0 N–H and O–H groups in total. The van der Waals surface area contributed by atoms with Gasteiger partial charge >= 0.3 is 6.09 Å². The van der Waals surface area contributed by atoms with E-state index in [1.807, 2.05) is 20.8 Å². The zero-order valence-corrected chi connectivity index (χ0v) is 17.1. The van der Waals surface area contributed by atoms with E-state index in [1.54, 1.807) is 4.90 Å². The molecule has 2 heterocycles. The molecule has 0 aliphatic carbocycles. The molecular weight excluding hydrogens is 341 g/mol. The standard InChI is InChI=1S/C17H30FN3O3Si/c1-17(2,3)24-16(22)20-9-13(10-20)15-14(18)11-21(19-15)12-23-7-8-25(4,5)6/h11,13H,7-10,12H2,1-6H3. The molecule has 6 nitrogen and oxygen atoms in total. The van der Waals surface area contributed by atoms with Gasteiger partial charge in [-0.3, -0.25) is 0 Å². The third kappa shape index (κ3) is 6.11. The fourth-order valence-corrected chi connectivity index (χ4v) is 3.17. The van der Waals surface area contributed by atoms with Crippen molar-refractivity contribution in [2.75, 3.05) is 19.7 Å². The maximum absolute atomic E-state index is 14.1. The lowest BCUT2D eigenvalue weighted by Gasteiger charge is -2.38. The molecule has 0 saturated carbocycles. The van der Waals surface area contributed by atoms with Gasteiger partial charge in [0.1, 0.15) is 18.0 Å². The van der Waals surface area contributed by atoms with E-state index in [2.05, 4.69) is 24.7 Å². The Morgan fingerprint density at radius 1 is 1.36 bits per heavy atom. The predicted molar refractivity (Wildman–Crippen MR) is 96.8 cm³/mol. The first-order chi connectivity index (χ1) is 11.4. The van der Waals surface area contributed by atoms with Gasteiger partial charge < -0.3 is 14.4 Å². The highest BCUT2D eigenvalue weighted by Gasteiger charge is 2.37. The van der Waals surface area contributed by atoms with Crippen molar-refractivity contribution in [3.8, 4) is 0 Å². The average molecular weight is 372 g/mol. The molecule has 1 aromatic rings. The summed E-state index contributed by atoms with van der Waals surface area (Å²) < 4.78 is 26.5. The summed E-state index contributed by atoms with van der Waals surface area (Å²) >= 11 is 0. The number of halogens is 1. The van der Waals surface area contributed by atoms with E-state index in [9.17, 15) is 9.18 Å². The van der Waals surface area contributed by atoms with E-state index in [4.69, 9.17) is 9.47 Å². The molecule has 1 aromatic heterocycles. The second kappa shape index (κ2) is 7.45. The fourth-order valence-electron chi connectivity index (χ4n) is 2.42. The highest BCUT2D eigenvalue weighted by Crippen LogP contribution is 2.29. The van der Waals surface area contributed by atoms with Crippen molar-refractivity contribution in [3.05, 3.63) is 17.7 Å². The number of hydrogen-bond acceptors (Lipinski definition) is 4. The third-order valence-electron chi connectivity index (χ3n) is 3.88. The topological polar surface area (TPSA) is 56.6 Å². The van der Waals surface area contributed by atoms with Gasteiger partial charge in [-0.1, -0.05) is 19.6 Å². The van der Waals surface area contributed by atoms with Crippen LogP contribution in [-0.2, 0) is 16.2 Å². The van der Waals surface area contributed by atoms with Crippen LogP contribution in [0.5, 0.6) is 0 Å². The monoisotopic (exact) mass is 371 g/mol. The summed E-state index contributed by atoms with van der Waals surface area (Å²) in [6.45, 7) is 14.1. The highest BCUT2D eigenvalue weighted by molar-refractivity contribution is 6.76. The van der Waals surface area contributed by atoms with Gasteiger partial charge in [0.25, 0.3) is 0 Å². The number of nitrogens with zero attached hydrogens (tertiary/aromatic N) is 3. The Balaban J connectivity index is 1.81. The SMILES string of the molecule is CC(C)(C)OC(=O)N1CC(c2nn(COCC[Si](C)(C)C)cc2F)C1. The minimum atomic E-state index is -1.13. The lowest BCUT2D eigenvalue weighted by Crippen LogP contribution is -2.50. The summed E-state index contributed by atoms with van der Waals surface area (Å²) in [5, 5.41) is 4.28. The van der Waals surface area contributed by atoms with Crippen LogP contribution in [0, 0.1) is 5.82 Å². The Kier molecular flexibility index (Phi) is 5.93. The van der Waals surface area contributed by atoms with Gasteiger partial charge in [-0.05, 0) is 26.8 Å². The van der Waals surface area contributed by atoms with Crippen LogP contribution in [0.25, 0.3) is 0 Å². The van der Waals surface area contributed by atoms with Gasteiger partial charge in [-0.25, -0.2) is 13.9 Å². The van der Waals surface area contributed by atoms with Gasteiger partial charge in [0, 0.05) is 33.7 Å². The van der Waals surface area contributed by atoms with Gasteiger partial charge in [0.2, 0.25) is 0 Å². The Morgan fingerprint density at radius 2 is 2.00 bits per heavy atom. The van der Waals surface area contributed by atoms with Crippen LogP contribution in [0.2, 0.25) is 25.7 Å². The number of ether oxygens (including phenoxy) is 2. The summed E-state index contributed by atoms with van der Waals surface area (Å²) in [7, 11) is -1.13. The average Bonchev–Trinajstić information content (AvgIpc) is 2.71. The Bertz CT molecular complexity index is 601. The molecule has 0 spiro atoms. The lowest BCUT2D eigenvalue weighted by molar-refractivity contribution is 0.00739. The number of rotatable bonds is 6. The van der Waals surface area contributed by atoms with Crippen molar-refractivity contribution >= 4 is 14.2 Å². The second-order valence-corrected chi connectivity index (χ2v) is 14.5. The minimum absolute atomic E-state index is 0.0873. The highest BCUT2D eigenvalue weighted by atomic mass is 28.3. The molecule has 1 amide bonds. The van der Waals surface area contributed by atoms with Crippen LogP contribution >= 0.6 is 0 Å². The van der Waals surface area contributed by atoms with Crippen molar-refractivity contribution in [2.45, 2.75) is 64.7 Å². The number of aromatic nitrogens is 2. The quantitative estimate of drug-likeness (QED) is 0.565. The van der Waals surface area contributed by atoms with Gasteiger partial charge in [0.15, 0.2) is 5.82 Å². The van der Waals surface area contributed by atoms with E-state index in [1.165, 1.54) is 10.9 Å². The van der Waals surface area contributed by atoms with Crippen molar-refractivity contribution in [3.63, 3.8) is 0 Å². The Labute approximate surface area is 150 Å². The molecule has 25 heavy (non-hydrogen) atoms. The molecule has 1 aliphatic heterocycles. The van der Waals surface area contributed by atoms with E-state index >= 15 is 0 Å². The minimum Gasteiger partial charge on any atom is -0.444 e. The zero-order chi connectivity index (χ0) is 18.8. The van der Waals surface area contributed by atoms with Crippen molar-refractivity contribution in [1.82, 2.24) is 14.7 Å². The van der Waals surface area contributed by atoms with Crippen LogP contribution < -0.4 is 0 Å². The molecule has 1 aliphatic rings. The molecular formula is C17H30FN3O3Si. The largest absolute Gasteiger partial charge is 0.444 e. The van der Waals surface area contributed by atoms with Crippen LogP contribution in [0.3, 0.4) is 0 Å². The number of hydrogen-bond donors (Lipinski definition) is 0. The van der Waals surface area contributed by atoms with Gasteiger partial charge in [-0.15, -0.1) is 0 Å². The van der Waals surface area contributed by atoms with Crippen molar-refractivity contribution in [1.29, 1.82) is 0 Å². The van der Waals surface area contributed by atoms with Crippen LogP contribution in [0.4, 0.5) is 9.18 Å². The lowest BCUT2D eigenvalue weighted by atomic mass is 9.97. The fraction of sp³-hybridized carbons (Fsp3) is 0.765. The first-order valence-corrected chi connectivity index (χ1v) is 12.4. The number of amides is 1. The molecule has 0 bridgehead atoms. The Hall–Kier alpha value is -1.41.